The summed E-state index contributed by atoms with van der Waals surface area (Å²) in [5.74, 6) is -0.941. The van der Waals surface area contributed by atoms with E-state index in [-0.39, 0.29) is 11.7 Å². The number of hydrogen-bond acceptors (Lipinski definition) is 4. The average Bonchev–Trinajstić information content (AvgIpc) is 3.08. The average molecular weight is 363 g/mol. The zero-order chi connectivity index (χ0) is 19.0. The van der Waals surface area contributed by atoms with E-state index in [2.05, 4.69) is 25.8 Å². The van der Waals surface area contributed by atoms with E-state index in [1.54, 1.807) is 31.3 Å². The molecule has 2 unspecified atom stereocenters. The number of nitrogens with zero attached hydrogens (tertiary/aromatic N) is 2. The molecule has 0 aliphatic carbocycles. The summed E-state index contributed by atoms with van der Waals surface area (Å²) in [6.07, 6.45) is 1.67. The zero-order valence-electron chi connectivity index (χ0n) is 14.4. The van der Waals surface area contributed by atoms with Crippen molar-refractivity contribution < 1.29 is 14.7 Å². The van der Waals surface area contributed by atoms with Gasteiger partial charge in [-0.2, -0.15) is 5.10 Å². The van der Waals surface area contributed by atoms with Crippen LogP contribution in [0.4, 0.5) is 10.5 Å². The highest BCUT2D eigenvalue weighted by atomic mass is 16.3. The molecule has 4 N–H and O–H groups in total. The normalized spacial score (nSPS) is 19.4. The number of hydrogen-bond donors (Lipinski definition) is 4. The Morgan fingerprint density at radius 3 is 2.89 bits per heavy atom. The first kappa shape index (κ1) is 16.8. The van der Waals surface area contributed by atoms with Gasteiger partial charge in [0.05, 0.1) is 17.8 Å². The number of nitrogens with one attached hydrogen (secondary N) is 3. The van der Waals surface area contributed by atoms with Crippen LogP contribution in [0.25, 0.3) is 10.9 Å². The molecule has 0 saturated carbocycles. The number of urea groups is 1. The van der Waals surface area contributed by atoms with Crippen molar-refractivity contribution in [1.29, 1.82) is 0 Å². The maximum absolute atomic E-state index is 13.0. The molecule has 3 aromatic rings. The Bertz CT molecular complexity index is 1070. The van der Waals surface area contributed by atoms with E-state index < -0.39 is 18.0 Å². The maximum atomic E-state index is 13.0. The quantitative estimate of drug-likeness (QED) is 0.572. The lowest BCUT2D eigenvalue weighted by Gasteiger charge is -2.30. The molecule has 2 heterocycles. The van der Waals surface area contributed by atoms with Crippen molar-refractivity contribution in [2.45, 2.75) is 13.0 Å². The number of fused-ring (bicyclic) bond motifs is 1. The van der Waals surface area contributed by atoms with Crippen LogP contribution in [0.3, 0.4) is 0 Å². The molecule has 4 rings (SSSR count). The maximum Gasteiger partial charge on any atom is 0.341 e. The predicted octanol–water partition coefficient (Wildman–Crippen LogP) is 2.75. The summed E-state index contributed by atoms with van der Waals surface area (Å²) in [7, 11) is 0. The summed E-state index contributed by atoms with van der Waals surface area (Å²) in [6.45, 7) is 1.65. The van der Waals surface area contributed by atoms with Gasteiger partial charge in [0.1, 0.15) is 11.7 Å². The third kappa shape index (κ3) is 3.24. The molecule has 27 heavy (non-hydrogen) atoms. The number of H-pyrrole nitrogens is 1. The van der Waals surface area contributed by atoms with Gasteiger partial charge in [-0.05, 0) is 42.8 Å². The van der Waals surface area contributed by atoms with Gasteiger partial charge in [-0.3, -0.25) is 9.89 Å². The number of anilines is 1. The van der Waals surface area contributed by atoms with Gasteiger partial charge in [0.15, 0.2) is 0 Å². The smallest absolute Gasteiger partial charge is 0.341 e. The fraction of sp³-hybridized carbons (Fsp3) is 0.158. The highest BCUT2D eigenvalue weighted by Crippen LogP contribution is 2.30. The van der Waals surface area contributed by atoms with E-state index in [0.717, 1.165) is 10.9 Å². The Morgan fingerprint density at radius 2 is 2.07 bits per heavy atom. The van der Waals surface area contributed by atoms with Crippen LogP contribution in [0, 0.1) is 5.92 Å². The third-order valence-corrected chi connectivity index (χ3v) is 4.56. The molecule has 8 nitrogen and oxygen atoms in total. The lowest BCUT2D eigenvalue weighted by atomic mass is 9.87. The van der Waals surface area contributed by atoms with Gasteiger partial charge in [-0.15, -0.1) is 0 Å². The van der Waals surface area contributed by atoms with E-state index in [1.807, 2.05) is 12.1 Å². The van der Waals surface area contributed by atoms with E-state index >= 15 is 0 Å². The number of phenols is 1. The first-order valence-corrected chi connectivity index (χ1v) is 8.40. The molecule has 0 bridgehead atoms. The molecule has 1 aliphatic rings. The van der Waals surface area contributed by atoms with Crippen LogP contribution in [0.1, 0.15) is 18.5 Å². The van der Waals surface area contributed by atoms with Crippen molar-refractivity contribution in [2.24, 2.45) is 10.9 Å². The zero-order valence-corrected chi connectivity index (χ0v) is 14.4. The number of carbonyl (C=O) groups is 2. The second-order valence-corrected chi connectivity index (χ2v) is 6.41. The van der Waals surface area contributed by atoms with Crippen LogP contribution in [0.2, 0.25) is 0 Å². The predicted molar refractivity (Wildman–Crippen MR) is 101 cm³/mol. The van der Waals surface area contributed by atoms with Crippen molar-refractivity contribution in [2.75, 3.05) is 5.32 Å². The van der Waals surface area contributed by atoms with Crippen LogP contribution in [0.5, 0.6) is 5.75 Å². The number of aromatic nitrogens is 2. The van der Waals surface area contributed by atoms with Crippen LogP contribution in [-0.4, -0.2) is 33.0 Å². The van der Waals surface area contributed by atoms with Gasteiger partial charge in [-0.25, -0.2) is 9.79 Å². The monoisotopic (exact) mass is 363 g/mol. The Balaban J connectivity index is 1.65. The molecule has 2 atom stereocenters. The van der Waals surface area contributed by atoms with Gasteiger partial charge in [-0.1, -0.05) is 12.1 Å². The fourth-order valence-corrected chi connectivity index (χ4v) is 3.30. The standard InChI is InChI=1S/C19H17N5O3/c1-10-16(17(23-19(27)21-10)11-3-2-4-14(25)8-11)18(26)22-13-5-6-15-12(7-13)9-20-24-15/h2-9,16-17,25H,1H3,(H,20,24)(H,22,26)(H,23,27). The minimum atomic E-state index is -0.704. The Kier molecular flexibility index (Phi) is 4.08. The van der Waals surface area contributed by atoms with E-state index in [0.29, 0.717) is 17.0 Å². The van der Waals surface area contributed by atoms with Gasteiger partial charge >= 0.3 is 6.03 Å². The molecular formula is C19H17N5O3. The van der Waals surface area contributed by atoms with Crippen molar-refractivity contribution in [1.82, 2.24) is 15.5 Å². The lowest BCUT2D eigenvalue weighted by Crippen LogP contribution is -2.45. The van der Waals surface area contributed by atoms with Crippen molar-refractivity contribution >= 4 is 34.2 Å². The Hall–Kier alpha value is -3.68. The van der Waals surface area contributed by atoms with E-state index in [1.165, 1.54) is 12.1 Å². The summed E-state index contributed by atoms with van der Waals surface area (Å²) in [5, 5.41) is 23.1. The molecule has 0 fully saturated rings. The summed E-state index contributed by atoms with van der Waals surface area (Å²) in [5.41, 5.74) is 2.53. The molecule has 0 spiro atoms. The molecule has 1 aromatic heterocycles. The molecule has 136 valence electrons. The first-order valence-electron chi connectivity index (χ1n) is 8.40. The molecule has 2 aromatic carbocycles. The number of benzene rings is 2. The molecular weight excluding hydrogens is 346 g/mol. The first-order chi connectivity index (χ1) is 13.0. The second-order valence-electron chi connectivity index (χ2n) is 6.41. The van der Waals surface area contributed by atoms with Crippen LogP contribution < -0.4 is 10.6 Å². The van der Waals surface area contributed by atoms with Crippen molar-refractivity contribution in [3.8, 4) is 5.75 Å². The molecule has 0 saturated heterocycles. The van der Waals surface area contributed by atoms with Gasteiger partial charge in [0, 0.05) is 16.8 Å². The summed E-state index contributed by atoms with van der Waals surface area (Å²) < 4.78 is 0. The third-order valence-electron chi connectivity index (χ3n) is 4.56. The van der Waals surface area contributed by atoms with Crippen LogP contribution in [0.15, 0.2) is 53.7 Å². The topological polar surface area (TPSA) is 119 Å². The molecule has 8 heteroatoms. The van der Waals surface area contributed by atoms with Gasteiger partial charge in [0.25, 0.3) is 0 Å². The Morgan fingerprint density at radius 1 is 1.22 bits per heavy atom. The van der Waals surface area contributed by atoms with Gasteiger partial charge in [0.2, 0.25) is 5.91 Å². The SMILES string of the molecule is CC1=NC(=O)NC(c2cccc(O)c2)C1C(=O)Nc1ccc2[nH]ncc2c1. The number of phenolic OH excluding ortho intramolecular Hbond substituents is 1. The molecule has 1 aliphatic heterocycles. The number of rotatable bonds is 3. The summed E-state index contributed by atoms with van der Waals surface area (Å²) in [6, 6.07) is 10.8. The van der Waals surface area contributed by atoms with Crippen molar-refractivity contribution in [3.05, 3.63) is 54.2 Å². The lowest BCUT2D eigenvalue weighted by molar-refractivity contribution is -0.118. The van der Waals surface area contributed by atoms with Crippen LogP contribution in [-0.2, 0) is 4.79 Å². The number of aromatic hydroxyl groups is 1. The highest BCUT2D eigenvalue weighted by molar-refractivity contribution is 6.13. The Labute approximate surface area is 154 Å². The van der Waals surface area contributed by atoms with Crippen molar-refractivity contribution in [3.63, 3.8) is 0 Å². The largest absolute Gasteiger partial charge is 0.508 e. The van der Waals surface area contributed by atoms with Crippen LogP contribution >= 0.6 is 0 Å². The molecule has 0 radical (unpaired) electrons. The molecule has 3 amide bonds. The highest BCUT2D eigenvalue weighted by Gasteiger charge is 2.37. The fourth-order valence-electron chi connectivity index (χ4n) is 3.30. The van der Waals surface area contributed by atoms with E-state index in [4.69, 9.17) is 0 Å². The van der Waals surface area contributed by atoms with E-state index in [9.17, 15) is 14.7 Å². The minimum Gasteiger partial charge on any atom is -0.508 e. The number of aromatic amines is 1. The number of amides is 3. The number of aliphatic imine (C=N–C) groups is 1. The summed E-state index contributed by atoms with van der Waals surface area (Å²) in [4.78, 5) is 28.8. The second kappa shape index (κ2) is 6.56. The number of carbonyl (C=O) groups excluding carboxylic acids is 2. The minimum absolute atomic E-state index is 0.0616. The summed E-state index contributed by atoms with van der Waals surface area (Å²) >= 11 is 0. The van der Waals surface area contributed by atoms with Gasteiger partial charge < -0.3 is 15.7 Å².